The van der Waals surface area contributed by atoms with Crippen molar-refractivity contribution in [3.05, 3.63) is 0 Å². The van der Waals surface area contributed by atoms with Gasteiger partial charge in [-0.05, 0) is 27.2 Å². The van der Waals surface area contributed by atoms with Crippen molar-refractivity contribution in [3.63, 3.8) is 0 Å². The fraction of sp³-hybridized carbons (Fsp3) is 0.857. The Morgan fingerprint density at radius 1 is 1.21 bits per heavy atom. The van der Waals surface area contributed by atoms with Gasteiger partial charge in [-0.1, -0.05) is 13.3 Å². The van der Waals surface area contributed by atoms with Crippen LogP contribution in [0.25, 0.3) is 0 Å². The Bertz CT molecular complexity index is 278. The smallest absolute Gasteiger partial charge is 0.306 e. The predicted molar refractivity (Wildman–Crippen MR) is 73.8 cm³/mol. The molecule has 0 aromatic rings. The average Bonchev–Trinajstić information content (AvgIpc) is 2.25. The quantitative estimate of drug-likeness (QED) is 0.687. The van der Waals surface area contributed by atoms with Gasteiger partial charge in [0.15, 0.2) is 0 Å². The zero-order valence-electron chi connectivity index (χ0n) is 12.7. The van der Waals surface area contributed by atoms with E-state index in [1.54, 1.807) is 27.9 Å². The lowest BCUT2D eigenvalue weighted by atomic mass is 10.1. The Kier molecular flexibility index (Phi) is 8.39. The summed E-state index contributed by atoms with van der Waals surface area (Å²) in [6, 6.07) is 0.0149. The van der Waals surface area contributed by atoms with Gasteiger partial charge in [-0.3, -0.25) is 9.59 Å². The Morgan fingerprint density at radius 2 is 1.84 bits per heavy atom. The van der Waals surface area contributed by atoms with Crippen molar-refractivity contribution in [2.75, 3.05) is 13.7 Å². The largest absolute Gasteiger partial charge is 0.460 e. The maximum absolute atomic E-state index is 11.7. The van der Waals surface area contributed by atoms with E-state index in [4.69, 9.17) is 9.47 Å². The van der Waals surface area contributed by atoms with E-state index in [2.05, 4.69) is 12.2 Å². The number of rotatable bonds is 8. The molecule has 5 nitrogen and oxygen atoms in total. The van der Waals surface area contributed by atoms with E-state index in [9.17, 15) is 9.59 Å². The molecular formula is C14H27NO4. The van der Waals surface area contributed by atoms with Gasteiger partial charge in [0.2, 0.25) is 5.91 Å². The van der Waals surface area contributed by atoms with E-state index in [1.807, 2.05) is 0 Å². The standard InChI is InChI=1S/C14H27NO4/c1-6-7-11(10-18-5)15-12(16)8-9-13(17)19-14(2,3)4/h11H,6-10H2,1-5H3,(H,15,16). The molecule has 0 fully saturated rings. The van der Waals surface area contributed by atoms with Crippen LogP contribution in [0, 0.1) is 0 Å². The predicted octanol–water partition coefficient (Wildman–Crippen LogP) is 2.04. The summed E-state index contributed by atoms with van der Waals surface area (Å²) in [7, 11) is 1.61. The first kappa shape index (κ1) is 17.9. The molecule has 0 aromatic carbocycles. The summed E-state index contributed by atoms with van der Waals surface area (Å²) in [4.78, 5) is 23.2. The number of hydrogen-bond donors (Lipinski definition) is 1. The molecule has 5 heteroatoms. The molecule has 0 aliphatic carbocycles. The summed E-state index contributed by atoms with van der Waals surface area (Å²) >= 11 is 0. The van der Waals surface area contributed by atoms with Gasteiger partial charge in [-0.2, -0.15) is 0 Å². The molecule has 112 valence electrons. The van der Waals surface area contributed by atoms with Crippen molar-refractivity contribution in [1.82, 2.24) is 5.32 Å². The molecule has 0 bridgehead atoms. The molecule has 0 saturated carbocycles. The van der Waals surface area contributed by atoms with E-state index in [-0.39, 0.29) is 30.8 Å². The molecule has 0 heterocycles. The van der Waals surface area contributed by atoms with Crippen LogP contribution in [-0.2, 0) is 19.1 Å². The van der Waals surface area contributed by atoms with Gasteiger partial charge in [0.1, 0.15) is 5.60 Å². The Balaban J connectivity index is 3.99. The van der Waals surface area contributed by atoms with Crippen LogP contribution in [0.3, 0.4) is 0 Å². The van der Waals surface area contributed by atoms with Crippen LogP contribution in [0.15, 0.2) is 0 Å². The molecule has 0 saturated heterocycles. The van der Waals surface area contributed by atoms with Crippen LogP contribution >= 0.6 is 0 Å². The zero-order valence-corrected chi connectivity index (χ0v) is 12.7. The minimum Gasteiger partial charge on any atom is -0.460 e. The van der Waals surface area contributed by atoms with Crippen LogP contribution in [0.5, 0.6) is 0 Å². The first-order chi connectivity index (χ1) is 8.78. The summed E-state index contributed by atoms with van der Waals surface area (Å²) in [6.45, 7) is 7.96. The number of carbonyl (C=O) groups excluding carboxylic acids is 2. The maximum atomic E-state index is 11.7. The van der Waals surface area contributed by atoms with Gasteiger partial charge < -0.3 is 14.8 Å². The number of amides is 1. The molecule has 1 unspecified atom stereocenters. The van der Waals surface area contributed by atoms with Crippen molar-refractivity contribution in [3.8, 4) is 0 Å². The highest BCUT2D eigenvalue weighted by atomic mass is 16.6. The monoisotopic (exact) mass is 273 g/mol. The van der Waals surface area contributed by atoms with Crippen molar-refractivity contribution >= 4 is 11.9 Å². The molecule has 19 heavy (non-hydrogen) atoms. The third kappa shape index (κ3) is 10.5. The van der Waals surface area contributed by atoms with Gasteiger partial charge in [0, 0.05) is 13.5 Å². The van der Waals surface area contributed by atoms with Crippen molar-refractivity contribution in [1.29, 1.82) is 0 Å². The normalized spacial score (nSPS) is 12.9. The molecule has 0 spiro atoms. The molecule has 0 radical (unpaired) electrons. The molecule has 0 rings (SSSR count). The fourth-order valence-electron chi connectivity index (χ4n) is 1.65. The van der Waals surface area contributed by atoms with E-state index in [0.717, 1.165) is 12.8 Å². The first-order valence-corrected chi connectivity index (χ1v) is 6.78. The third-order valence-electron chi connectivity index (χ3n) is 2.35. The lowest BCUT2D eigenvalue weighted by Gasteiger charge is -2.20. The van der Waals surface area contributed by atoms with Crippen LogP contribution in [0.4, 0.5) is 0 Å². The highest BCUT2D eigenvalue weighted by molar-refractivity contribution is 5.81. The molecule has 1 amide bonds. The number of methoxy groups -OCH3 is 1. The van der Waals surface area contributed by atoms with Crippen molar-refractivity contribution < 1.29 is 19.1 Å². The Labute approximate surface area is 116 Å². The van der Waals surface area contributed by atoms with Gasteiger partial charge in [-0.15, -0.1) is 0 Å². The Morgan fingerprint density at radius 3 is 2.32 bits per heavy atom. The lowest BCUT2D eigenvalue weighted by molar-refractivity contribution is -0.155. The second kappa shape index (κ2) is 8.91. The summed E-state index contributed by atoms with van der Waals surface area (Å²) in [5.41, 5.74) is -0.506. The Hall–Kier alpha value is -1.10. The highest BCUT2D eigenvalue weighted by Gasteiger charge is 2.18. The molecule has 0 aliphatic heterocycles. The van der Waals surface area contributed by atoms with Gasteiger partial charge in [0.25, 0.3) is 0 Å². The van der Waals surface area contributed by atoms with E-state index in [1.165, 1.54) is 0 Å². The second-order valence-electron chi connectivity index (χ2n) is 5.59. The lowest BCUT2D eigenvalue weighted by Crippen LogP contribution is -2.38. The van der Waals surface area contributed by atoms with Crippen LogP contribution in [0.2, 0.25) is 0 Å². The average molecular weight is 273 g/mol. The molecule has 1 atom stereocenters. The van der Waals surface area contributed by atoms with Crippen LogP contribution in [0.1, 0.15) is 53.4 Å². The minimum absolute atomic E-state index is 0.0149. The number of hydrogen-bond acceptors (Lipinski definition) is 4. The molecule has 0 aromatic heterocycles. The molecule has 0 aliphatic rings. The van der Waals surface area contributed by atoms with E-state index in [0.29, 0.717) is 6.61 Å². The van der Waals surface area contributed by atoms with E-state index < -0.39 is 5.60 Å². The summed E-state index contributed by atoms with van der Waals surface area (Å²) in [5, 5.41) is 2.87. The second-order valence-corrected chi connectivity index (χ2v) is 5.59. The minimum atomic E-state index is -0.506. The van der Waals surface area contributed by atoms with Crippen LogP contribution < -0.4 is 5.32 Å². The van der Waals surface area contributed by atoms with E-state index >= 15 is 0 Å². The molecular weight excluding hydrogens is 246 g/mol. The van der Waals surface area contributed by atoms with Gasteiger partial charge in [-0.25, -0.2) is 0 Å². The number of ether oxygens (including phenoxy) is 2. The topological polar surface area (TPSA) is 64.6 Å². The van der Waals surface area contributed by atoms with Crippen LogP contribution in [-0.4, -0.2) is 37.2 Å². The maximum Gasteiger partial charge on any atom is 0.306 e. The third-order valence-corrected chi connectivity index (χ3v) is 2.35. The van der Waals surface area contributed by atoms with Gasteiger partial charge in [0.05, 0.1) is 19.1 Å². The van der Waals surface area contributed by atoms with Crippen molar-refractivity contribution in [2.24, 2.45) is 0 Å². The highest BCUT2D eigenvalue weighted by Crippen LogP contribution is 2.09. The molecule has 1 N–H and O–H groups in total. The number of carbonyl (C=O) groups is 2. The zero-order chi connectivity index (χ0) is 14.9. The summed E-state index contributed by atoms with van der Waals surface area (Å²) in [5.74, 6) is -0.484. The number of esters is 1. The summed E-state index contributed by atoms with van der Waals surface area (Å²) < 4.78 is 10.2. The summed E-state index contributed by atoms with van der Waals surface area (Å²) in [6.07, 6.45) is 2.10. The van der Waals surface area contributed by atoms with Gasteiger partial charge >= 0.3 is 5.97 Å². The van der Waals surface area contributed by atoms with Crippen molar-refractivity contribution in [2.45, 2.75) is 65.0 Å². The first-order valence-electron chi connectivity index (χ1n) is 6.78. The SMILES string of the molecule is CCCC(COC)NC(=O)CCC(=O)OC(C)(C)C. The number of nitrogens with one attached hydrogen (secondary N) is 1. The fourth-order valence-corrected chi connectivity index (χ4v) is 1.65.